The van der Waals surface area contributed by atoms with Crippen LogP contribution in [0.2, 0.25) is 5.02 Å². The molecule has 0 fully saturated rings. The summed E-state index contributed by atoms with van der Waals surface area (Å²) in [6, 6.07) is 9.54. The maximum Gasteiger partial charge on any atom is 0.188 e. The number of pyridine rings is 1. The topological polar surface area (TPSA) is 81.8 Å². The van der Waals surface area contributed by atoms with E-state index in [1.54, 1.807) is 6.20 Å². The van der Waals surface area contributed by atoms with E-state index in [-0.39, 0.29) is 24.0 Å². The lowest BCUT2D eigenvalue weighted by molar-refractivity contribution is 0.171. The molecule has 0 atom stereocenters. The zero-order chi connectivity index (χ0) is 16.8. The number of hydrogen-bond donors (Lipinski definition) is 2. The smallest absolute Gasteiger partial charge is 0.188 e. The maximum absolute atomic E-state index is 6.21. The molecule has 1 aromatic carbocycles. The van der Waals surface area contributed by atoms with E-state index in [2.05, 4.69) is 15.3 Å². The van der Waals surface area contributed by atoms with Crippen LogP contribution in [0.3, 0.4) is 0 Å². The minimum atomic E-state index is 0. The molecule has 25 heavy (non-hydrogen) atoms. The molecule has 1 aromatic heterocycles. The molecule has 134 valence electrons. The average molecular weight is 475 g/mol. The lowest BCUT2D eigenvalue weighted by Gasteiger charge is -2.20. The quantitative estimate of drug-likeness (QED) is 0.396. The maximum atomic E-state index is 6.21. The molecular weight excluding hydrogens is 455 g/mol. The molecule has 0 saturated heterocycles. The third-order valence-corrected chi connectivity index (χ3v) is 3.78. The molecular formula is C17H20ClIN4O2. The molecule has 1 aliphatic rings. The summed E-state index contributed by atoms with van der Waals surface area (Å²) in [5.41, 5.74) is 7.82. The van der Waals surface area contributed by atoms with Crippen LogP contribution in [-0.4, -0.2) is 30.7 Å². The summed E-state index contributed by atoms with van der Waals surface area (Å²) in [5, 5.41) is 3.60. The minimum absolute atomic E-state index is 0. The molecule has 6 nitrogen and oxygen atoms in total. The van der Waals surface area contributed by atoms with Crippen molar-refractivity contribution in [2.24, 2.45) is 10.7 Å². The lowest BCUT2D eigenvalue weighted by Crippen LogP contribution is -2.33. The predicted molar refractivity (Wildman–Crippen MR) is 109 cm³/mol. The Morgan fingerprint density at radius 1 is 1.28 bits per heavy atom. The number of aromatic nitrogens is 1. The number of ether oxygens (including phenoxy) is 2. The lowest BCUT2D eigenvalue weighted by atomic mass is 10.2. The number of benzene rings is 1. The van der Waals surface area contributed by atoms with Crippen molar-refractivity contribution in [1.29, 1.82) is 0 Å². The summed E-state index contributed by atoms with van der Waals surface area (Å²) in [6.07, 6.45) is 2.56. The second-order valence-electron chi connectivity index (χ2n) is 5.30. The summed E-state index contributed by atoms with van der Waals surface area (Å²) < 4.78 is 11.0. The van der Waals surface area contributed by atoms with Crippen LogP contribution in [0.4, 0.5) is 0 Å². The van der Waals surface area contributed by atoms with Gasteiger partial charge in [-0.15, -0.1) is 24.0 Å². The van der Waals surface area contributed by atoms with Crippen molar-refractivity contribution < 1.29 is 9.47 Å². The van der Waals surface area contributed by atoms with Crippen molar-refractivity contribution >= 4 is 41.5 Å². The summed E-state index contributed by atoms with van der Waals surface area (Å²) in [7, 11) is 0. The zero-order valence-electron chi connectivity index (χ0n) is 13.6. The van der Waals surface area contributed by atoms with Gasteiger partial charge in [0.05, 0.1) is 11.6 Å². The fraction of sp³-hybridized carbons (Fsp3) is 0.294. The number of hydrogen-bond acceptors (Lipinski definition) is 4. The van der Waals surface area contributed by atoms with Crippen molar-refractivity contribution in [3.8, 4) is 11.5 Å². The number of guanidine groups is 1. The first-order valence-corrected chi connectivity index (χ1v) is 8.12. The summed E-state index contributed by atoms with van der Waals surface area (Å²) >= 11 is 6.21. The number of rotatable bonds is 5. The molecule has 2 aromatic rings. The van der Waals surface area contributed by atoms with E-state index in [0.29, 0.717) is 48.8 Å². The van der Waals surface area contributed by atoms with Crippen LogP contribution in [0.5, 0.6) is 11.5 Å². The monoisotopic (exact) mass is 474 g/mol. The normalized spacial score (nSPS) is 13.1. The zero-order valence-corrected chi connectivity index (χ0v) is 16.7. The largest absolute Gasteiger partial charge is 0.486 e. The predicted octanol–water partition coefficient (Wildman–Crippen LogP) is 2.77. The van der Waals surface area contributed by atoms with E-state index in [4.69, 9.17) is 26.8 Å². The van der Waals surface area contributed by atoms with E-state index in [0.717, 1.165) is 17.7 Å². The van der Waals surface area contributed by atoms with Gasteiger partial charge in [-0.05, 0) is 29.8 Å². The van der Waals surface area contributed by atoms with Crippen LogP contribution in [0.15, 0.2) is 41.5 Å². The van der Waals surface area contributed by atoms with E-state index < -0.39 is 0 Å². The number of aliphatic imine (C=N–C) groups is 1. The molecule has 0 aliphatic carbocycles. The standard InChI is InChI=1S/C17H19ClN4O2.HI/c18-14-9-12(10-15-16(14)24-8-7-23-15)11-22-17(19)21-6-4-13-3-1-2-5-20-13;/h1-3,5,9-10H,4,6-8,11H2,(H3,19,21,22);1H. The Balaban J connectivity index is 0.00000225. The Morgan fingerprint density at radius 2 is 2.12 bits per heavy atom. The minimum Gasteiger partial charge on any atom is -0.486 e. The SMILES string of the molecule is I.NC(=NCc1cc(Cl)c2c(c1)OCCO2)NCCc1ccccn1. The highest BCUT2D eigenvalue weighted by atomic mass is 127. The van der Waals surface area contributed by atoms with Crippen LogP contribution in [0, 0.1) is 0 Å². The number of nitrogens with one attached hydrogen (secondary N) is 1. The van der Waals surface area contributed by atoms with Crippen LogP contribution in [0.25, 0.3) is 0 Å². The molecule has 2 heterocycles. The van der Waals surface area contributed by atoms with Crippen molar-refractivity contribution in [1.82, 2.24) is 10.3 Å². The second-order valence-corrected chi connectivity index (χ2v) is 5.71. The average Bonchev–Trinajstić information content (AvgIpc) is 2.61. The van der Waals surface area contributed by atoms with Gasteiger partial charge >= 0.3 is 0 Å². The van der Waals surface area contributed by atoms with Gasteiger partial charge < -0.3 is 20.5 Å². The van der Waals surface area contributed by atoms with Crippen molar-refractivity contribution in [3.63, 3.8) is 0 Å². The van der Waals surface area contributed by atoms with Gasteiger partial charge in [-0.25, -0.2) is 4.99 Å². The highest BCUT2D eigenvalue weighted by Gasteiger charge is 2.16. The fourth-order valence-corrected chi connectivity index (χ4v) is 2.64. The highest BCUT2D eigenvalue weighted by Crippen LogP contribution is 2.38. The Bertz CT molecular complexity index is 728. The van der Waals surface area contributed by atoms with Crippen molar-refractivity contribution in [2.45, 2.75) is 13.0 Å². The fourth-order valence-electron chi connectivity index (χ4n) is 2.35. The number of halogens is 2. The second kappa shape index (κ2) is 9.67. The summed E-state index contributed by atoms with van der Waals surface area (Å²) in [5.74, 6) is 1.63. The van der Waals surface area contributed by atoms with Crippen molar-refractivity contribution in [2.75, 3.05) is 19.8 Å². The summed E-state index contributed by atoms with van der Waals surface area (Å²) in [6.45, 7) is 2.12. The number of nitrogens with zero attached hydrogens (tertiary/aromatic N) is 2. The van der Waals surface area contributed by atoms with Gasteiger partial charge in [0.15, 0.2) is 17.5 Å². The van der Waals surface area contributed by atoms with Crippen LogP contribution in [0.1, 0.15) is 11.3 Å². The van der Waals surface area contributed by atoms with Gasteiger partial charge in [-0.1, -0.05) is 17.7 Å². The first-order chi connectivity index (χ1) is 11.7. The van der Waals surface area contributed by atoms with Gasteiger partial charge in [0, 0.05) is 24.9 Å². The Hall–Kier alpha value is -1.74. The first-order valence-electron chi connectivity index (χ1n) is 7.74. The molecule has 0 amide bonds. The molecule has 0 bridgehead atoms. The Morgan fingerprint density at radius 3 is 2.92 bits per heavy atom. The third kappa shape index (κ3) is 5.64. The molecule has 0 spiro atoms. The van der Waals surface area contributed by atoms with Gasteiger partial charge in [-0.3, -0.25) is 4.98 Å². The molecule has 1 aliphatic heterocycles. The highest BCUT2D eigenvalue weighted by molar-refractivity contribution is 14.0. The van der Waals surface area contributed by atoms with Gasteiger partial charge in [0.1, 0.15) is 13.2 Å². The first kappa shape index (κ1) is 19.6. The van der Waals surface area contributed by atoms with Gasteiger partial charge in [0.25, 0.3) is 0 Å². The van der Waals surface area contributed by atoms with Crippen LogP contribution < -0.4 is 20.5 Å². The Labute approximate surface area is 168 Å². The molecule has 3 rings (SSSR count). The van der Waals surface area contributed by atoms with E-state index in [1.807, 2.05) is 30.3 Å². The van der Waals surface area contributed by atoms with Crippen molar-refractivity contribution in [3.05, 3.63) is 52.8 Å². The number of nitrogens with two attached hydrogens (primary N) is 1. The molecule has 3 N–H and O–H groups in total. The van der Waals surface area contributed by atoms with E-state index in [1.165, 1.54) is 0 Å². The van der Waals surface area contributed by atoms with E-state index in [9.17, 15) is 0 Å². The van der Waals surface area contributed by atoms with E-state index >= 15 is 0 Å². The number of fused-ring (bicyclic) bond motifs is 1. The summed E-state index contributed by atoms with van der Waals surface area (Å²) in [4.78, 5) is 8.58. The molecule has 0 unspecified atom stereocenters. The van der Waals surface area contributed by atoms with Crippen LogP contribution >= 0.6 is 35.6 Å². The third-order valence-electron chi connectivity index (χ3n) is 3.50. The molecule has 0 radical (unpaired) electrons. The van der Waals surface area contributed by atoms with Gasteiger partial charge in [-0.2, -0.15) is 0 Å². The Kier molecular flexibility index (Phi) is 7.57. The van der Waals surface area contributed by atoms with Crippen LogP contribution in [-0.2, 0) is 13.0 Å². The molecule has 8 heteroatoms. The molecule has 0 saturated carbocycles. The van der Waals surface area contributed by atoms with Gasteiger partial charge in [0.2, 0.25) is 0 Å².